The second kappa shape index (κ2) is 7.15. The number of ether oxygens (including phenoxy) is 1. The van der Waals surface area contributed by atoms with Crippen LogP contribution in [0.3, 0.4) is 0 Å². The number of aryl methyl sites for hydroxylation is 1. The third kappa shape index (κ3) is 3.27. The zero-order valence-electron chi connectivity index (χ0n) is 15.0. The normalized spacial score (nSPS) is 17.4. The van der Waals surface area contributed by atoms with E-state index in [1.54, 1.807) is 50.4 Å². The zero-order valence-corrected chi connectivity index (χ0v) is 15.0. The summed E-state index contributed by atoms with van der Waals surface area (Å²) in [4.78, 5) is 28.5. The van der Waals surface area contributed by atoms with Crippen LogP contribution in [0.1, 0.15) is 22.8 Å². The SMILES string of the molecule is COc1ccc(C(=O)N2CCN(c3cc(C)ccc3F)C(=O)C2C)cc1. The number of hydrogen-bond acceptors (Lipinski definition) is 3. The number of methoxy groups -OCH3 is 1. The first-order valence-electron chi connectivity index (χ1n) is 8.45. The van der Waals surface area contributed by atoms with Crippen molar-refractivity contribution in [1.29, 1.82) is 0 Å². The molecule has 1 aliphatic rings. The van der Waals surface area contributed by atoms with Crippen molar-refractivity contribution in [2.75, 3.05) is 25.1 Å². The van der Waals surface area contributed by atoms with Gasteiger partial charge in [-0.25, -0.2) is 4.39 Å². The molecule has 1 fully saturated rings. The van der Waals surface area contributed by atoms with E-state index in [4.69, 9.17) is 4.74 Å². The van der Waals surface area contributed by atoms with E-state index in [-0.39, 0.29) is 24.0 Å². The minimum Gasteiger partial charge on any atom is -0.497 e. The summed E-state index contributed by atoms with van der Waals surface area (Å²) in [5, 5.41) is 0. The molecule has 0 saturated carbocycles. The molecule has 1 saturated heterocycles. The van der Waals surface area contributed by atoms with Gasteiger partial charge in [0.1, 0.15) is 17.6 Å². The Hall–Kier alpha value is -2.89. The van der Waals surface area contributed by atoms with E-state index in [2.05, 4.69) is 0 Å². The topological polar surface area (TPSA) is 49.9 Å². The molecule has 0 N–H and O–H groups in total. The van der Waals surface area contributed by atoms with Crippen LogP contribution in [0.5, 0.6) is 5.75 Å². The molecular weight excluding hydrogens is 335 g/mol. The number of amides is 2. The molecule has 136 valence electrons. The van der Waals surface area contributed by atoms with Gasteiger partial charge in [-0.05, 0) is 55.8 Å². The highest BCUT2D eigenvalue weighted by Gasteiger charge is 2.36. The molecule has 5 nitrogen and oxygen atoms in total. The van der Waals surface area contributed by atoms with Crippen LogP contribution in [-0.2, 0) is 4.79 Å². The molecule has 0 radical (unpaired) electrons. The molecular formula is C20H21FN2O3. The van der Waals surface area contributed by atoms with Crippen molar-refractivity contribution in [1.82, 2.24) is 4.90 Å². The van der Waals surface area contributed by atoms with Gasteiger partial charge in [0.25, 0.3) is 5.91 Å². The second-order valence-electron chi connectivity index (χ2n) is 6.35. The van der Waals surface area contributed by atoms with Crippen molar-refractivity contribution in [3.63, 3.8) is 0 Å². The summed E-state index contributed by atoms with van der Waals surface area (Å²) >= 11 is 0. The molecule has 1 atom stereocenters. The molecule has 0 bridgehead atoms. The smallest absolute Gasteiger partial charge is 0.254 e. The Bertz CT molecular complexity index is 835. The first kappa shape index (κ1) is 17.9. The molecule has 1 heterocycles. The summed E-state index contributed by atoms with van der Waals surface area (Å²) in [6, 6.07) is 10.8. The van der Waals surface area contributed by atoms with Gasteiger partial charge in [0, 0.05) is 18.7 Å². The van der Waals surface area contributed by atoms with Crippen LogP contribution >= 0.6 is 0 Å². The summed E-state index contributed by atoms with van der Waals surface area (Å²) in [5.74, 6) is -0.294. The Labute approximate surface area is 152 Å². The van der Waals surface area contributed by atoms with E-state index in [1.807, 2.05) is 6.92 Å². The lowest BCUT2D eigenvalue weighted by atomic mass is 10.1. The number of hydrogen-bond donors (Lipinski definition) is 0. The maximum Gasteiger partial charge on any atom is 0.254 e. The van der Waals surface area contributed by atoms with Crippen molar-refractivity contribution in [3.05, 3.63) is 59.4 Å². The van der Waals surface area contributed by atoms with Crippen molar-refractivity contribution in [2.45, 2.75) is 19.9 Å². The molecule has 0 aliphatic carbocycles. The Morgan fingerprint density at radius 3 is 2.50 bits per heavy atom. The minimum atomic E-state index is -0.668. The zero-order chi connectivity index (χ0) is 18.8. The van der Waals surface area contributed by atoms with Gasteiger partial charge in [0.05, 0.1) is 12.8 Å². The Morgan fingerprint density at radius 1 is 1.15 bits per heavy atom. The summed E-state index contributed by atoms with van der Waals surface area (Å²) in [6.07, 6.45) is 0. The number of piperazine rings is 1. The van der Waals surface area contributed by atoms with Crippen LogP contribution in [-0.4, -0.2) is 43.0 Å². The number of nitrogens with zero attached hydrogens (tertiary/aromatic N) is 2. The van der Waals surface area contributed by atoms with Crippen LogP contribution < -0.4 is 9.64 Å². The fourth-order valence-electron chi connectivity index (χ4n) is 3.12. The van der Waals surface area contributed by atoms with Gasteiger partial charge in [-0.2, -0.15) is 0 Å². The molecule has 1 aliphatic heterocycles. The largest absolute Gasteiger partial charge is 0.497 e. The lowest BCUT2D eigenvalue weighted by Crippen LogP contribution is -2.58. The van der Waals surface area contributed by atoms with Crippen molar-refractivity contribution >= 4 is 17.5 Å². The van der Waals surface area contributed by atoms with Gasteiger partial charge in [-0.15, -0.1) is 0 Å². The number of rotatable bonds is 3. The summed E-state index contributed by atoms with van der Waals surface area (Å²) in [6.45, 7) is 4.11. The molecule has 0 aromatic heterocycles. The molecule has 3 rings (SSSR count). The summed E-state index contributed by atoms with van der Waals surface area (Å²) in [7, 11) is 1.56. The van der Waals surface area contributed by atoms with E-state index in [0.29, 0.717) is 17.9 Å². The van der Waals surface area contributed by atoms with E-state index in [9.17, 15) is 14.0 Å². The average molecular weight is 356 g/mol. The number of carbonyl (C=O) groups is 2. The Morgan fingerprint density at radius 2 is 1.85 bits per heavy atom. The quantitative estimate of drug-likeness (QED) is 0.849. The molecule has 6 heteroatoms. The van der Waals surface area contributed by atoms with E-state index in [1.165, 1.54) is 15.9 Å². The lowest BCUT2D eigenvalue weighted by Gasteiger charge is -2.39. The molecule has 0 spiro atoms. The fourth-order valence-corrected chi connectivity index (χ4v) is 3.12. The standard InChI is InChI=1S/C20H21FN2O3/c1-13-4-9-17(21)18(12-13)23-11-10-22(14(2)19(23)24)20(25)15-5-7-16(26-3)8-6-15/h4-9,12,14H,10-11H2,1-3H3. The highest BCUT2D eigenvalue weighted by atomic mass is 19.1. The number of halogens is 1. The predicted octanol–water partition coefficient (Wildman–Crippen LogP) is 3.02. The van der Waals surface area contributed by atoms with Crippen molar-refractivity contribution < 1.29 is 18.7 Å². The van der Waals surface area contributed by atoms with Crippen molar-refractivity contribution in [3.8, 4) is 5.75 Å². The van der Waals surface area contributed by atoms with Gasteiger partial charge >= 0.3 is 0 Å². The third-order valence-corrected chi connectivity index (χ3v) is 4.65. The van der Waals surface area contributed by atoms with E-state index < -0.39 is 11.9 Å². The van der Waals surface area contributed by atoms with Crippen LogP contribution in [0.15, 0.2) is 42.5 Å². The number of carbonyl (C=O) groups excluding carboxylic acids is 2. The third-order valence-electron chi connectivity index (χ3n) is 4.65. The Kier molecular flexibility index (Phi) is 4.93. The summed E-state index contributed by atoms with van der Waals surface area (Å²) in [5.41, 5.74) is 1.62. The molecule has 2 aromatic carbocycles. The van der Waals surface area contributed by atoms with Crippen LogP contribution in [0.4, 0.5) is 10.1 Å². The number of anilines is 1. The van der Waals surface area contributed by atoms with Gasteiger partial charge in [-0.3, -0.25) is 9.59 Å². The van der Waals surface area contributed by atoms with Crippen molar-refractivity contribution in [2.24, 2.45) is 0 Å². The van der Waals surface area contributed by atoms with E-state index in [0.717, 1.165) is 5.56 Å². The van der Waals surface area contributed by atoms with Crippen LogP contribution in [0, 0.1) is 12.7 Å². The van der Waals surface area contributed by atoms with Gasteiger partial charge in [-0.1, -0.05) is 6.07 Å². The minimum absolute atomic E-state index is 0.224. The highest BCUT2D eigenvalue weighted by Crippen LogP contribution is 2.25. The van der Waals surface area contributed by atoms with Gasteiger partial charge < -0.3 is 14.5 Å². The Balaban J connectivity index is 1.80. The fraction of sp³-hybridized carbons (Fsp3) is 0.300. The first-order chi connectivity index (χ1) is 12.4. The predicted molar refractivity (Wildman–Crippen MR) is 97.0 cm³/mol. The highest BCUT2D eigenvalue weighted by molar-refractivity contribution is 6.03. The molecule has 26 heavy (non-hydrogen) atoms. The van der Waals surface area contributed by atoms with Crippen LogP contribution in [0.25, 0.3) is 0 Å². The van der Waals surface area contributed by atoms with Gasteiger partial charge in [0.15, 0.2) is 0 Å². The molecule has 2 amide bonds. The first-order valence-corrected chi connectivity index (χ1v) is 8.45. The molecule has 2 aromatic rings. The molecule has 1 unspecified atom stereocenters. The number of benzene rings is 2. The summed E-state index contributed by atoms with van der Waals surface area (Å²) < 4.78 is 19.3. The van der Waals surface area contributed by atoms with Gasteiger partial charge in [0.2, 0.25) is 5.91 Å². The monoisotopic (exact) mass is 356 g/mol. The maximum absolute atomic E-state index is 14.2. The lowest BCUT2D eigenvalue weighted by molar-refractivity contribution is -0.124. The maximum atomic E-state index is 14.2. The second-order valence-corrected chi connectivity index (χ2v) is 6.35. The van der Waals surface area contributed by atoms with E-state index >= 15 is 0 Å². The average Bonchev–Trinajstić information content (AvgIpc) is 2.65. The van der Waals surface area contributed by atoms with Crippen LogP contribution in [0.2, 0.25) is 0 Å².